The fourth-order valence-corrected chi connectivity index (χ4v) is 2.31. The number of thioether (sulfide) groups is 1. The van der Waals surface area contributed by atoms with E-state index >= 15 is 0 Å². The smallest absolute Gasteiger partial charge is 0.350 e. The molecule has 2 aromatic carbocycles. The van der Waals surface area contributed by atoms with Crippen LogP contribution in [0.3, 0.4) is 0 Å². The van der Waals surface area contributed by atoms with Gasteiger partial charge in [0.15, 0.2) is 5.78 Å². The van der Waals surface area contributed by atoms with Gasteiger partial charge in [-0.1, -0.05) is 36.4 Å². The molecule has 0 saturated heterocycles. The first-order valence-corrected chi connectivity index (χ1v) is 7.92. The number of carbonyl (C=O) groups excluding carboxylic acids is 1. The van der Waals surface area contributed by atoms with Crippen molar-refractivity contribution in [3.05, 3.63) is 76.8 Å². The SMILES string of the molecule is CS/C(=C/C(=O)c1ccccc1)Nc1cccc(C(F)(F)F)c1. The van der Waals surface area contributed by atoms with Crippen LogP contribution < -0.4 is 5.32 Å². The van der Waals surface area contributed by atoms with Crippen LogP contribution in [-0.2, 0) is 6.18 Å². The summed E-state index contributed by atoms with van der Waals surface area (Å²) < 4.78 is 38.2. The molecule has 0 aliphatic heterocycles. The third-order valence-electron chi connectivity index (χ3n) is 3.00. The van der Waals surface area contributed by atoms with Crippen LogP contribution in [0.15, 0.2) is 65.7 Å². The van der Waals surface area contributed by atoms with Crippen LogP contribution in [0.5, 0.6) is 0 Å². The van der Waals surface area contributed by atoms with Gasteiger partial charge in [-0.15, -0.1) is 11.8 Å². The Morgan fingerprint density at radius 1 is 1.09 bits per heavy atom. The molecule has 0 heterocycles. The molecular weight excluding hydrogens is 323 g/mol. The molecular formula is C17H14F3NOS. The Hall–Kier alpha value is -2.21. The number of halogens is 3. The number of ketones is 1. The monoisotopic (exact) mass is 337 g/mol. The third-order valence-corrected chi connectivity index (χ3v) is 3.66. The Kier molecular flexibility index (Phi) is 5.50. The van der Waals surface area contributed by atoms with E-state index in [0.29, 0.717) is 10.6 Å². The van der Waals surface area contributed by atoms with Crippen LogP contribution in [0.2, 0.25) is 0 Å². The summed E-state index contributed by atoms with van der Waals surface area (Å²) in [6.45, 7) is 0. The molecule has 0 spiro atoms. The highest BCUT2D eigenvalue weighted by atomic mass is 32.2. The van der Waals surface area contributed by atoms with Gasteiger partial charge in [-0.3, -0.25) is 4.79 Å². The summed E-state index contributed by atoms with van der Waals surface area (Å²) in [6.07, 6.45) is -1.29. The van der Waals surface area contributed by atoms with Crippen LogP contribution in [0.25, 0.3) is 0 Å². The topological polar surface area (TPSA) is 29.1 Å². The lowest BCUT2D eigenvalue weighted by Gasteiger charge is -2.11. The van der Waals surface area contributed by atoms with Gasteiger partial charge >= 0.3 is 6.18 Å². The highest BCUT2D eigenvalue weighted by Gasteiger charge is 2.30. The van der Waals surface area contributed by atoms with E-state index in [0.717, 1.165) is 12.1 Å². The van der Waals surface area contributed by atoms with Gasteiger partial charge in [-0.05, 0) is 24.5 Å². The molecule has 23 heavy (non-hydrogen) atoms. The van der Waals surface area contributed by atoms with E-state index in [1.807, 2.05) is 0 Å². The first kappa shape index (κ1) is 17.1. The van der Waals surface area contributed by atoms with E-state index in [-0.39, 0.29) is 11.5 Å². The van der Waals surface area contributed by atoms with Gasteiger partial charge in [0.2, 0.25) is 0 Å². The zero-order valence-corrected chi connectivity index (χ0v) is 13.0. The molecule has 2 aromatic rings. The molecule has 0 unspecified atom stereocenters. The molecule has 0 atom stereocenters. The minimum absolute atomic E-state index is 0.213. The average molecular weight is 337 g/mol. The van der Waals surface area contributed by atoms with Crippen molar-refractivity contribution in [3.8, 4) is 0 Å². The number of anilines is 1. The third kappa shape index (κ3) is 4.89. The molecule has 0 aromatic heterocycles. The van der Waals surface area contributed by atoms with Crippen molar-refractivity contribution in [3.63, 3.8) is 0 Å². The standard InChI is InChI=1S/C17H14F3NOS/c1-23-16(11-15(22)12-6-3-2-4-7-12)21-14-9-5-8-13(10-14)17(18,19)20/h2-11,21H,1H3/b16-11+. The largest absolute Gasteiger partial charge is 0.416 e. The second-order valence-corrected chi connectivity index (χ2v) is 5.49. The Morgan fingerprint density at radius 3 is 2.39 bits per heavy atom. The second kappa shape index (κ2) is 7.37. The summed E-state index contributed by atoms with van der Waals surface area (Å²) in [6, 6.07) is 13.5. The van der Waals surface area contributed by atoms with Crippen molar-refractivity contribution >= 4 is 23.2 Å². The number of hydrogen-bond donors (Lipinski definition) is 1. The minimum Gasteiger partial charge on any atom is -0.350 e. The number of nitrogens with one attached hydrogen (secondary N) is 1. The van der Waals surface area contributed by atoms with Gasteiger partial charge in [-0.25, -0.2) is 0 Å². The fourth-order valence-electron chi connectivity index (χ4n) is 1.87. The van der Waals surface area contributed by atoms with Crippen LogP contribution in [-0.4, -0.2) is 12.0 Å². The molecule has 1 N–H and O–H groups in total. The van der Waals surface area contributed by atoms with Crippen molar-refractivity contribution in [2.24, 2.45) is 0 Å². The molecule has 0 bridgehead atoms. The lowest BCUT2D eigenvalue weighted by atomic mass is 10.1. The Morgan fingerprint density at radius 2 is 1.78 bits per heavy atom. The lowest BCUT2D eigenvalue weighted by molar-refractivity contribution is -0.137. The molecule has 6 heteroatoms. The molecule has 0 saturated carbocycles. The van der Waals surface area contributed by atoms with Crippen LogP contribution in [0.1, 0.15) is 15.9 Å². The highest BCUT2D eigenvalue weighted by Crippen LogP contribution is 2.31. The number of allylic oxidation sites excluding steroid dienone is 1. The molecule has 0 amide bonds. The first-order valence-electron chi connectivity index (χ1n) is 6.69. The predicted octanol–water partition coefficient (Wildman–Crippen LogP) is 5.20. The van der Waals surface area contributed by atoms with Crippen LogP contribution in [0, 0.1) is 0 Å². The number of rotatable bonds is 5. The molecule has 2 nitrogen and oxygen atoms in total. The van der Waals surface area contributed by atoms with E-state index in [1.54, 1.807) is 36.6 Å². The Balaban J connectivity index is 2.20. The lowest BCUT2D eigenvalue weighted by Crippen LogP contribution is -2.06. The van der Waals surface area contributed by atoms with E-state index in [4.69, 9.17) is 0 Å². The van der Waals surface area contributed by atoms with Gasteiger partial charge < -0.3 is 5.32 Å². The normalized spacial score (nSPS) is 12.1. The fraction of sp³-hybridized carbons (Fsp3) is 0.118. The summed E-state index contributed by atoms with van der Waals surface area (Å²) >= 11 is 1.25. The second-order valence-electron chi connectivity index (χ2n) is 4.65. The summed E-state index contributed by atoms with van der Waals surface area (Å²) in [7, 11) is 0. The van der Waals surface area contributed by atoms with Crippen molar-refractivity contribution in [1.29, 1.82) is 0 Å². The summed E-state index contributed by atoms with van der Waals surface area (Å²) in [5.74, 6) is -0.213. The zero-order chi connectivity index (χ0) is 16.9. The summed E-state index contributed by atoms with van der Waals surface area (Å²) in [5, 5.41) is 3.32. The van der Waals surface area contributed by atoms with Crippen LogP contribution >= 0.6 is 11.8 Å². The van der Waals surface area contributed by atoms with Gasteiger partial charge in [0, 0.05) is 17.3 Å². The minimum atomic E-state index is -4.40. The van der Waals surface area contributed by atoms with Crippen molar-refractivity contribution in [2.45, 2.75) is 6.18 Å². The molecule has 0 aliphatic rings. The average Bonchev–Trinajstić information content (AvgIpc) is 2.54. The van der Waals surface area contributed by atoms with Gasteiger partial charge in [0.05, 0.1) is 10.6 Å². The maximum absolute atomic E-state index is 12.7. The van der Waals surface area contributed by atoms with Gasteiger partial charge in [-0.2, -0.15) is 13.2 Å². The number of alkyl halides is 3. The highest BCUT2D eigenvalue weighted by molar-refractivity contribution is 8.02. The Bertz CT molecular complexity index is 711. The van der Waals surface area contributed by atoms with E-state index in [2.05, 4.69) is 5.32 Å². The van der Waals surface area contributed by atoms with E-state index < -0.39 is 11.7 Å². The maximum atomic E-state index is 12.7. The number of hydrogen-bond acceptors (Lipinski definition) is 3. The molecule has 0 radical (unpaired) electrons. The number of benzene rings is 2. The van der Waals surface area contributed by atoms with Crippen molar-refractivity contribution < 1.29 is 18.0 Å². The molecule has 0 fully saturated rings. The summed E-state index contributed by atoms with van der Waals surface area (Å²) in [4.78, 5) is 12.1. The maximum Gasteiger partial charge on any atom is 0.416 e. The quantitative estimate of drug-likeness (QED) is 0.600. The van der Waals surface area contributed by atoms with Crippen LogP contribution in [0.4, 0.5) is 18.9 Å². The Labute approximate surface area is 136 Å². The summed E-state index contributed by atoms with van der Waals surface area (Å²) in [5.41, 5.74) is 0.0588. The van der Waals surface area contributed by atoms with Crippen molar-refractivity contribution in [2.75, 3.05) is 11.6 Å². The number of carbonyl (C=O) groups is 1. The molecule has 0 aliphatic carbocycles. The molecule has 120 valence electrons. The van der Waals surface area contributed by atoms with Gasteiger partial charge in [0.25, 0.3) is 0 Å². The first-order chi connectivity index (χ1) is 10.9. The van der Waals surface area contributed by atoms with E-state index in [9.17, 15) is 18.0 Å². The zero-order valence-electron chi connectivity index (χ0n) is 12.2. The molecule has 2 rings (SSSR count). The van der Waals surface area contributed by atoms with Crippen molar-refractivity contribution in [1.82, 2.24) is 0 Å². The van der Waals surface area contributed by atoms with Gasteiger partial charge in [0.1, 0.15) is 0 Å². The van der Waals surface area contributed by atoms with E-state index in [1.165, 1.54) is 30.0 Å². The predicted molar refractivity (Wildman–Crippen MR) is 87.4 cm³/mol.